The summed E-state index contributed by atoms with van der Waals surface area (Å²) in [4.78, 5) is 2.54. The smallest absolute Gasteiger partial charge is 0.0863 e. The fraction of sp³-hybridized carbons (Fsp3) is 0.786. The first-order valence-electron chi connectivity index (χ1n) is 7.32. The Hall–Kier alpha value is -0.580. The summed E-state index contributed by atoms with van der Waals surface area (Å²) in [5.41, 5.74) is 2.17. The van der Waals surface area contributed by atoms with Gasteiger partial charge < -0.3 is 5.32 Å². The van der Waals surface area contributed by atoms with Crippen LogP contribution in [-0.4, -0.2) is 40.4 Å². The van der Waals surface area contributed by atoms with E-state index < -0.39 is 0 Å². The molecule has 19 heavy (non-hydrogen) atoms. The van der Waals surface area contributed by atoms with Gasteiger partial charge in [0.05, 0.1) is 16.4 Å². The molecule has 4 nitrogen and oxygen atoms in total. The van der Waals surface area contributed by atoms with Crippen molar-refractivity contribution >= 4 is 11.6 Å². The fourth-order valence-electron chi connectivity index (χ4n) is 2.81. The largest absolute Gasteiger partial charge is 0.314 e. The van der Waals surface area contributed by atoms with Crippen LogP contribution in [0.15, 0.2) is 0 Å². The molecule has 0 saturated carbocycles. The summed E-state index contributed by atoms with van der Waals surface area (Å²) in [6.07, 6.45) is 3.36. The number of nitrogens with zero attached hydrogens (tertiary/aromatic N) is 3. The number of piperazine rings is 1. The van der Waals surface area contributed by atoms with Crippen LogP contribution in [0.3, 0.4) is 0 Å². The van der Waals surface area contributed by atoms with E-state index in [0.717, 1.165) is 49.0 Å². The third-order valence-electron chi connectivity index (χ3n) is 3.95. The first-order chi connectivity index (χ1) is 9.17. The fourth-order valence-corrected chi connectivity index (χ4v) is 3.17. The first kappa shape index (κ1) is 14.8. The molecule has 0 amide bonds. The van der Waals surface area contributed by atoms with E-state index in [1.165, 1.54) is 12.8 Å². The van der Waals surface area contributed by atoms with Gasteiger partial charge in [0.2, 0.25) is 0 Å². The van der Waals surface area contributed by atoms with Crippen molar-refractivity contribution < 1.29 is 0 Å². The summed E-state index contributed by atoms with van der Waals surface area (Å²) in [6.45, 7) is 8.50. The molecule has 2 heterocycles. The van der Waals surface area contributed by atoms with E-state index in [0.29, 0.717) is 6.04 Å². The summed E-state index contributed by atoms with van der Waals surface area (Å²) in [6, 6.07) is 0.620. The van der Waals surface area contributed by atoms with Crippen LogP contribution < -0.4 is 5.32 Å². The van der Waals surface area contributed by atoms with Crippen molar-refractivity contribution in [3.05, 3.63) is 16.4 Å². The number of nitrogens with one attached hydrogen (secondary N) is 1. The van der Waals surface area contributed by atoms with Gasteiger partial charge in [0.1, 0.15) is 0 Å². The highest BCUT2D eigenvalue weighted by atomic mass is 35.5. The maximum Gasteiger partial charge on any atom is 0.0863 e. The minimum Gasteiger partial charge on any atom is -0.314 e. The van der Waals surface area contributed by atoms with E-state index in [4.69, 9.17) is 11.6 Å². The van der Waals surface area contributed by atoms with Crippen LogP contribution in [0.25, 0.3) is 0 Å². The molecule has 1 saturated heterocycles. The quantitative estimate of drug-likeness (QED) is 0.900. The van der Waals surface area contributed by atoms with E-state index in [1.54, 1.807) is 0 Å². The maximum absolute atomic E-state index is 6.45. The molecule has 1 aliphatic heterocycles. The summed E-state index contributed by atoms with van der Waals surface area (Å²) >= 11 is 6.45. The van der Waals surface area contributed by atoms with E-state index in [1.807, 2.05) is 11.7 Å². The van der Waals surface area contributed by atoms with Crippen molar-refractivity contribution in [2.45, 2.75) is 45.7 Å². The molecule has 1 fully saturated rings. The second-order valence-corrected chi connectivity index (χ2v) is 5.68. The number of halogens is 1. The van der Waals surface area contributed by atoms with Gasteiger partial charge in [-0.3, -0.25) is 9.58 Å². The Bertz CT molecular complexity index is 414. The van der Waals surface area contributed by atoms with Crippen LogP contribution in [0, 0.1) is 0 Å². The average molecular weight is 285 g/mol. The zero-order chi connectivity index (χ0) is 13.8. The predicted octanol–water partition coefficient (Wildman–Crippen LogP) is 2.21. The molecule has 1 atom stereocenters. The average Bonchev–Trinajstić information content (AvgIpc) is 2.68. The van der Waals surface area contributed by atoms with Gasteiger partial charge >= 0.3 is 0 Å². The molecule has 2 rings (SSSR count). The highest BCUT2D eigenvalue weighted by Gasteiger charge is 2.24. The monoisotopic (exact) mass is 284 g/mol. The van der Waals surface area contributed by atoms with Gasteiger partial charge in [-0.15, -0.1) is 0 Å². The minimum absolute atomic E-state index is 0.620. The maximum atomic E-state index is 6.45. The van der Waals surface area contributed by atoms with Crippen LogP contribution in [0.5, 0.6) is 0 Å². The minimum atomic E-state index is 0.620. The molecule has 0 radical (unpaired) electrons. The van der Waals surface area contributed by atoms with E-state index >= 15 is 0 Å². The second kappa shape index (κ2) is 6.73. The molecule has 1 aromatic rings. The normalized spacial score (nSPS) is 20.9. The molecular weight excluding hydrogens is 260 g/mol. The molecule has 0 aliphatic carbocycles. The summed E-state index contributed by atoms with van der Waals surface area (Å²) in [5, 5.41) is 8.85. The summed E-state index contributed by atoms with van der Waals surface area (Å²) in [7, 11) is 2.00. The van der Waals surface area contributed by atoms with Gasteiger partial charge in [0.15, 0.2) is 0 Å². The SMILES string of the molecule is CCCC1CNCCN1Cc1c(Cl)c(CC)nn1C. The van der Waals surface area contributed by atoms with Crippen molar-refractivity contribution in [3.8, 4) is 0 Å². The van der Waals surface area contributed by atoms with Crippen LogP contribution in [-0.2, 0) is 20.0 Å². The van der Waals surface area contributed by atoms with Gasteiger partial charge in [-0.2, -0.15) is 5.10 Å². The Balaban J connectivity index is 2.12. The van der Waals surface area contributed by atoms with E-state index in [9.17, 15) is 0 Å². The Labute approximate surface area is 121 Å². The van der Waals surface area contributed by atoms with Crippen molar-refractivity contribution in [2.75, 3.05) is 19.6 Å². The molecule has 1 N–H and O–H groups in total. The molecule has 1 aromatic heterocycles. The zero-order valence-corrected chi connectivity index (χ0v) is 13.0. The Morgan fingerprint density at radius 3 is 2.84 bits per heavy atom. The number of aromatic nitrogens is 2. The molecule has 1 aliphatic rings. The lowest BCUT2D eigenvalue weighted by Crippen LogP contribution is -2.50. The lowest BCUT2D eigenvalue weighted by Gasteiger charge is -2.36. The standard InChI is InChI=1S/C14H25ClN4/c1-4-6-11-9-16-7-8-19(11)10-13-14(15)12(5-2)17-18(13)3/h11,16H,4-10H2,1-3H3. The molecular formula is C14H25ClN4. The van der Waals surface area contributed by atoms with Gasteiger partial charge in [-0.1, -0.05) is 31.9 Å². The molecule has 108 valence electrons. The van der Waals surface area contributed by atoms with Gasteiger partial charge in [-0.25, -0.2) is 0 Å². The molecule has 0 spiro atoms. The molecule has 0 bridgehead atoms. The zero-order valence-electron chi connectivity index (χ0n) is 12.2. The van der Waals surface area contributed by atoms with E-state index in [2.05, 4.69) is 29.2 Å². The topological polar surface area (TPSA) is 33.1 Å². The number of aryl methyl sites for hydroxylation is 2. The Kier molecular flexibility index (Phi) is 5.25. The highest BCUT2D eigenvalue weighted by Crippen LogP contribution is 2.24. The van der Waals surface area contributed by atoms with Crippen LogP contribution in [0.1, 0.15) is 38.1 Å². The number of hydrogen-bond acceptors (Lipinski definition) is 3. The third kappa shape index (κ3) is 3.30. The third-order valence-corrected chi connectivity index (χ3v) is 4.39. The molecule has 5 heteroatoms. The Morgan fingerprint density at radius 1 is 1.42 bits per heavy atom. The number of hydrogen-bond donors (Lipinski definition) is 1. The van der Waals surface area contributed by atoms with Crippen molar-refractivity contribution in [2.24, 2.45) is 7.05 Å². The predicted molar refractivity (Wildman–Crippen MR) is 79.6 cm³/mol. The Morgan fingerprint density at radius 2 is 2.21 bits per heavy atom. The molecule has 0 aromatic carbocycles. The lowest BCUT2D eigenvalue weighted by atomic mass is 10.1. The van der Waals surface area contributed by atoms with Crippen LogP contribution >= 0.6 is 11.6 Å². The van der Waals surface area contributed by atoms with Gasteiger partial charge in [0.25, 0.3) is 0 Å². The number of rotatable bonds is 5. The molecule has 1 unspecified atom stereocenters. The van der Waals surface area contributed by atoms with Crippen LogP contribution in [0.2, 0.25) is 5.02 Å². The van der Waals surface area contributed by atoms with E-state index in [-0.39, 0.29) is 0 Å². The summed E-state index contributed by atoms with van der Waals surface area (Å²) in [5.74, 6) is 0. The van der Waals surface area contributed by atoms with Crippen molar-refractivity contribution in [3.63, 3.8) is 0 Å². The van der Waals surface area contributed by atoms with Crippen LogP contribution in [0.4, 0.5) is 0 Å². The summed E-state index contributed by atoms with van der Waals surface area (Å²) < 4.78 is 1.95. The second-order valence-electron chi connectivity index (χ2n) is 5.30. The van der Waals surface area contributed by atoms with Crippen molar-refractivity contribution in [1.29, 1.82) is 0 Å². The lowest BCUT2D eigenvalue weighted by molar-refractivity contribution is 0.141. The van der Waals surface area contributed by atoms with Crippen molar-refractivity contribution in [1.82, 2.24) is 20.0 Å². The van der Waals surface area contributed by atoms with Gasteiger partial charge in [0, 0.05) is 39.3 Å². The highest BCUT2D eigenvalue weighted by molar-refractivity contribution is 6.31. The van der Waals surface area contributed by atoms with Gasteiger partial charge in [-0.05, 0) is 12.8 Å². The first-order valence-corrected chi connectivity index (χ1v) is 7.70.